The van der Waals surface area contributed by atoms with Crippen LogP contribution in [-0.2, 0) is 0 Å². The van der Waals surface area contributed by atoms with Crippen molar-refractivity contribution in [2.24, 2.45) is 0 Å². The van der Waals surface area contributed by atoms with Gasteiger partial charge in [-0.3, -0.25) is 0 Å². The standard InChI is InChI=1S/C12H16N2O/c1-9-7-11(15-4)5-6-12(9)14(3)10(2)8-13/h5-7,10H,1-4H3. The molecule has 0 spiro atoms. The van der Waals surface area contributed by atoms with Crippen molar-refractivity contribution in [3.8, 4) is 11.8 Å². The van der Waals surface area contributed by atoms with Gasteiger partial charge in [-0.05, 0) is 37.6 Å². The zero-order valence-corrected chi connectivity index (χ0v) is 9.61. The number of rotatable bonds is 3. The average molecular weight is 204 g/mol. The monoisotopic (exact) mass is 204 g/mol. The van der Waals surface area contributed by atoms with Crippen molar-refractivity contribution in [2.45, 2.75) is 19.9 Å². The molecule has 15 heavy (non-hydrogen) atoms. The number of hydrogen-bond acceptors (Lipinski definition) is 3. The molecule has 0 N–H and O–H groups in total. The molecule has 0 aliphatic rings. The Morgan fingerprint density at radius 3 is 2.60 bits per heavy atom. The number of aryl methyl sites for hydroxylation is 1. The van der Waals surface area contributed by atoms with Gasteiger partial charge in [-0.15, -0.1) is 0 Å². The number of benzene rings is 1. The van der Waals surface area contributed by atoms with E-state index in [1.54, 1.807) is 7.11 Å². The second-order valence-electron chi connectivity index (χ2n) is 3.57. The van der Waals surface area contributed by atoms with Crippen LogP contribution in [0, 0.1) is 18.3 Å². The lowest BCUT2D eigenvalue weighted by molar-refractivity contribution is 0.414. The van der Waals surface area contributed by atoms with Gasteiger partial charge in [-0.25, -0.2) is 0 Å². The second kappa shape index (κ2) is 4.70. The van der Waals surface area contributed by atoms with E-state index in [1.807, 2.05) is 44.0 Å². The van der Waals surface area contributed by atoms with E-state index >= 15 is 0 Å². The van der Waals surface area contributed by atoms with Crippen molar-refractivity contribution in [1.29, 1.82) is 5.26 Å². The number of methoxy groups -OCH3 is 1. The summed E-state index contributed by atoms with van der Waals surface area (Å²) >= 11 is 0. The van der Waals surface area contributed by atoms with E-state index in [0.29, 0.717) is 0 Å². The third-order valence-corrected chi connectivity index (χ3v) is 2.55. The molecular weight excluding hydrogens is 188 g/mol. The summed E-state index contributed by atoms with van der Waals surface area (Å²) in [6, 6.07) is 7.93. The van der Waals surface area contributed by atoms with Crippen LogP contribution in [0.2, 0.25) is 0 Å². The highest BCUT2D eigenvalue weighted by atomic mass is 16.5. The maximum atomic E-state index is 8.84. The summed E-state index contributed by atoms with van der Waals surface area (Å²) in [6.07, 6.45) is 0. The fourth-order valence-electron chi connectivity index (χ4n) is 1.45. The predicted octanol–water partition coefficient (Wildman–Crippen LogP) is 2.35. The van der Waals surface area contributed by atoms with Crippen LogP contribution < -0.4 is 9.64 Å². The van der Waals surface area contributed by atoms with Crippen LogP contribution in [-0.4, -0.2) is 20.2 Å². The Hall–Kier alpha value is -1.69. The quantitative estimate of drug-likeness (QED) is 0.758. The van der Waals surface area contributed by atoms with Crippen LogP contribution >= 0.6 is 0 Å². The van der Waals surface area contributed by atoms with Crippen LogP contribution in [0.4, 0.5) is 5.69 Å². The molecule has 1 aromatic carbocycles. The summed E-state index contributed by atoms with van der Waals surface area (Å²) in [6.45, 7) is 3.89. The molecule has 3 nitrogen and oxygen atoms in total. The van der Waals surface area contributed by atoms with Crippen molar-refractivity contribution in [2.75, 3.05) is 19.1 Å². The Balaban J connectivity index is 3.01. The van der Waals surface area contributed by atoms with Gasteiger partial charge in [0.05, 0.1) is 13.2 Å². The van der Waals surface area contributed by atoms with E-state index in [2.05, 4.69) is 6.07 Å². The van der Waals surface area contributed by atoms with E-state index in [9.17, 15) is 0 Å². The van der Waals surface area contributed by atoms with Gasteiger partial charge in [-0.2, -0.15) is 5.26 Å². The van der Waals surface area contributed by atoms with Crippen molar-refractivity contribution >= 4 is 5.69 Å². The lowest BCUT2D eigenvalue weighted by Crippen LogP contribution is -2.27. The number of nitriles is 1. The van der Waals surface area contributed by atoms with Crippen molar-refractivity contribution in [1.82, 2.24) is 0 Å². The van der Waals surface area contributed by atoms with Gasteiger partial charge in [0.25, 0.3) is 0 Å². The van der Waals surface area contributed by atoms with Crippen LogP contribution in [0.5, 0.6) is 5.75 Å². The lowest BCUT2D eigenvalue weighted by atomic mass is 10.1. The minimum absolute atomic E-state index is 0.128. The molecule has 0 aromatic heterocycles. The number of anilines is 1. The molecule has 0 saturated heterocycles. The van der Waals surface area contributed by atoms with Crippen molar-refractivity contribution < 1.29 is 4.74 Å². The molecule has 0 fully saturated rings. The summed E-state index contributed by atoms with van der Waals surface area (Å²) in [4.78, 5) is 1.95. The Labute approximate surface area is 90.9 Å². The molecule has 0 bridgehead atoms. The van der Waals surface area contributed by atoms with Gasteiger partial charge in [0.1, 0.15) is 11.8 Å². The SMILES string of the molecule is COc1ccc(N(C)C(C)C#N)c(C)c1. The minimum atomic E-state index is -0.128. The van der Waals surface area contributed by atoms with E-state index in [-0.39, 0.29) is 6.04 Å². The first-order chi connectivity index (χ1) is 7.10. The Morgan fingerprint density at radius 2 is 2.13 bits per heavy atom. The largest absolute Gasteiger partial charge is 0.497 e. The third kappa shape index (κ3) is 2.41. The fourth-order valence-corrected chi connectivity index (χ4v) is 1.45. The van der Waals surface area contributed by atoms with E-state index in [0.717, 1.165) is 17.0 Å². The first-order valence-corrected chi connectivity index (χ1v) is 4.87. The normalized spacial score (nSPS) is 11.7. The van der Waals surface area contributed by atoms with Crippen molar-refractivity contribution in [3.63, 3.8) is 0 Å². The zero-order valence-electron chi connectivity index (χ0n) is 9.61. The van der Waals surface area contributed by atoms with Crippen LogP contribution in [0.1, 0.15) is 12.5 Å². The van der Waals surface area contributed by atoms with Gasteiger partial charge < -0.3 is 9.64 Å². The molecule has 0 heterocycles. The Bertz CT molecular complexity index is 382. The number of nitrogens with zero attached hydrogens (tertiary/aromatic N) is 2. The molecule has 0 amide bonds. The molecule has 1 aromatic rings. The highest BCUT2D eigenvalue weighted by molar-refractivity contribution is 5.56. The summed E-state index contributed by atoms with van der Waals surface area (Å²) in [5, 5.41) is 8.84. The molecule has 0 saturated carbocycles. The molecule has 0 aliphatic carbocycles. The Kier molecular flexibility index (Phi) is 3.56. The van der Waals surface area contributed by atoms with E-state index in [1.165, 1.54) is 0 Å². The maximum Gasteiger partial charge on any atom is 0.119 e. The molecular formula is C12H16N2O. The molecule has 1 unspecified atom stereocenters. The minimum Gasteiger partial charge on any atom is -0.497 e. The third-order valence-electron chi connectivity index (χ3n) is 2.55. The van der Waals surface area contributed by atoms with E-state index in [4.69, 9.17) is 10.00 Å². The second-order valence-corrected chi connectivity index (χ2v) is 3.57. The lowest BCUT2D eigenvalue weighted by Gasteiger charge is -2.23. The molecule has 3 heteroatoms. The smallest absolute Gasteiger partial charge is 0.119 e. The number of ether oxygens (including phenoxy) is 1. The van der Waals surface area contributed by atoms with Gasteiger partial charge >= 0.3 is 0 Å². The zero-order chi connectivity index (χ0) is 11.4. The first-order valence-electron chi connectivity index (χ1n) is 4.87. The molecule has 0 aliphatic heterocycles. The topological polar surface area (TPSA) is 36.3 Å². The predicted molar refractivity (Wildman–Crippen MR) is 61.2 cm³/mol. The van der Waals surface area contributed by atoms with Gasteiger partial charge in [0, 0.05) is 12.7 Å². The molecule has 1 rings (SSSR count). The summed E-state index contributed by atoms with van der Waals surface area (Å²) < 4.78 is 5.13. The van der Waals surface area contributed by atoms with Gasteiger partial charge in [-0.1, -0.05) is 0 Å². The first kappa shape index (κ1) is 11.4. The fraction of sp³-hybridized carbons (Fsp3) is 0.417. The van der Waals surface area contributed by atoms with Gasteiger partial charge in [0.2, 0.25) is 0 Å². The maximum absolute atomic E-state index is 8.84. The van der Waals surface area contributed by atoms with Gasteiger partial charge in [0.15, 0.2) is 0 Å². The highest BCUT2D eigenvalue weighted by Gasteiger charge is 2.11. The van der Waals surface area contributed by atoms with Crippen molar-refractivity contribution in [3.05, 3.63) is 23.8 Å². The average Bonchev–Trinajstić information content (AvgIpc) is 2.26. The summed E-state index contributed by atoms with van der Waals surface area (Å²) in [5.74, 6) is 0.842. The molecule has 1 atom stereocenters. The summed E-state index contributed by atoms with van der Waals surface area (Å²) in [7, 11) is 3.57. The molecule has 0 radical (unpaired) electrons. The number of hydrogen-bond donors (Lipinski definition) is 0. The highest BCUT2D eigenvalue weighted by Crippen LogP contribution is 2.24. The van der Waals surface area contributed by atoms with E-state index < -0.39 is 0 Å². The summed E-state index contributed by atoms with van der Waals surface area (Å²) in [5.41, 5.74) is 2.17. The van der Waals surface area contributed by atoms with Crippen LogP contribution in [0.25, 0.3) is 0 Å². The molecule has 80 valence electrons. The van der Waals surface area contributed by atoms with Crippen LogP contribution in [0.15, 0.2) is 18.2 Å². The van der Waals surface area contributed by atoms with Crippen LogP contribution in [0.3, 0.4) is 0 Å². The Morgan fingerprint density at radius 1 is 1.47 bits per heavy atom.